The van der Waals surface area contributed by atoms with Gasteiger partial charge in [0.2, 0.25) is 0 Å². The van der Waals surface area contributed by atoms with Crippen LogP contribution in [0.3, 0.4) is 0 Å². The highest BCUT2D eigenvalue weighted by Gasteiger charge is 2.18. The summed E-state index contributed by atoms with van der Waals surface area (Å²) in [4.78, 5) is 17.8. The van der Waals surface area contributed by atoms with Gasteiger partial charge in [-0.3, -0.25) is 4.98 Å². The van der Waals surface area contributed by atoms with E-state index in [4.69, 9.17) is 14.7 Å². The number of aromatic nitrogens is 3. The molecule has 2 aromatic heterocycles. The highest BCUT2D eigenvalue weighted by molar-refractivity contribution is 5.67. The molecule has 0 unspecified atom stereocenters. The van der Waals surface area contributed by atoms with Gasteiger partial charge in [-0.2, -0.15) is 0 Å². The van der Waals surface area contributed by atoms with Gasteiger partial charge in [-0.25, -0.2) is 9.97 Å². The predicted octanol–water partition coefficient (Wildman–Crippen LogP) is 2.85. The Kier molecular flexibility index (Phi) is 4.84. The second kappa shape index (κ2) is 7.59. The summed E-state index contributed by atoms with van der Waals surface area (Å²) >= 11 is 0. The molecular formula is C20H21N5O2. The molecule has 7 heteroatoms. The maximum Gasteiger partial charge on any atom is 0.164 e. The van der Waals surface area contributed by atoms with E-state index in [0.29, 0.717) is 19.0 Å². The van der Waals surface area contributed by atoms with Gasteiger partial charge in [0.25, 0.3) is 0 Å². The standard InChI is InChI=1S/C20H21N5O2/c1-24(16-5-3-7-21-14-16)18-13-19(25-8-10-27-11-9-25)23-20(22-18)15-4-2-6-17(26)12-15/h2-7,12-14,26H,8-11H2,1H3. The van der Waals surface area contributed by atoms with Crippen LogP contribution in [0.2, 0.25) is 0 Å². The van der Waals surface area contributed by atoms with E-state index in [1.54, 1.807) is 30.6 Å². The second-order valence-electron chi connectivity index (χ2n) is 6.33. The number of hydrogen-bond acceptors (Lipinski definition) is 7. The lowest BCUT2D eigenvalue weighted by molar-refractivity contribution is 0.122. The molecule has 3 aromatic rings. The molecule has 1 aliphatic rings. The van der Waals surface area contributed by atoms with Crippen LogP contribution in [0.1, 0.15) is 0 Å². The highest BCUT2D eigenvalue weighted by atomic mass is 16.5. The molecule has 1 saturated heterocycles. The molecule has 1 aromatic carbocycles. The molecule has 0 aliphatic carbocycles. The maximum atomic E-state index is 9.85. The van der Waals surface area contributed by atoms with Gasteiger partial charge in [0.05, 0.1) is 25.1 Å². The molecule has 27 heavy (non-hydrogen) atoms. The van der Waals surface area contributed by atoms with Crippen LogP contribution in [-0.4, -0.2) is 53.4 Å². The summed E-state index contributed by atoms with van der Waals surface area (Å²) in [5, 5.41) is 9.85. The van der Waals surface area contributed by atoms with Gasteiger partial charge in [0.1, 0.15) is 17.4 Å². The quantitative estimate of drug-likeness (QED) is 0.764. The van der Waals surface area contributed by atoms with Crippen molar-refractivity contribution in [2.45, 2.75) is 0 Å². The summed E-state index contributed by atoms with van der Waals surface area (Å²) < 4.78 is 5.46. The first-order valence-corrected chi connectivity index (χ1v) is 8.86. The summed E-state index contributed by atoms with van der Waals surface area (Å²) in [6, 6.07) is 12.9. The number of phenols is 1. The smallest absolute Gasteiger partial charge is 0.164 e. The van der Waals surface area contributed by atoms with E-state index >= 15 is 0 Å². The van der Waals surface area contributed by atoms with Crippen molar-refractivity contribution in [3.63, 3.8) is 0 Å². The van der Waals surface area contributed by atoms with Crippen LogP contribution in [0.25, 0.3) is 11.4 Å². The zero-order valence-corrected chi connectivity index (χ0v) is 15.1. The van der Waals surface area contributed by atoms with Crippen LogP contribution in [0.15, 0.2) is 54.9 Å². The summed E-state index contributed by atoms with van der Waals surface area (Å²) in [6.45, 7) is 2.93. The van der Waals surface area contributed by atoms with Crippen molar-refractivity contribution in [3.8, 4) is 17.1 Å². The third kappa shape index (κ3) is 3.83. The highest BCUT2D eigenvalue weighted by Crippen LogP contribution is 2.29. The molecule has 7 nitrogen and oxygen atoms in total. The molecule has 0 amide bonds. The van der Waals surface area contributed by atoms with Crippen molar-refractivity contribution in [1.82, 2.24) is 15.0 Å². The SMILES string of the molecule is CN(c1cccnc1)c1cc(N2CCOCC2)nc(-c2cccc(O)c2)n1. The Bertz CT molecular complexity index is 913. The number of anilines is 3. The third-order valence-electron chi connectivity index (χ3n) is 4.52. The lowest BCUT2D eigenvalue weighted by Gasteiger charge is -2.29. The van der Waals surface area contributed by atoms with Crippen LogP contribution < -0.4 is 9.80 Å². The van der Waals surface area contributed by atoms with Crippen molar-refractivity contribution in [1.29, 1.82) is 0 Å². The Hall–Kier alpha value is -3.19. The number of pyridine rings is 1. The van der Waals surface area contributed by atoms with E-state index < -0.39 is 0 Å². The minimum atomic E-state index is 0.190. The monoisotopic (exact) mass is 363 g/mol. The second-order valence-corrected chi connectivity index (χ2v) is 6.33. The van der Waals surface area contributed by atoms with Gasteiger partial charge >= 0.3 is 0 Å². The minimum absolute atomic E-state index is 0.190. The van der Waals surface area contributed by atoms with Crippen molar-refractivity contribution in [3.05, 3.63) is 54.9 Å². The molecule has 0 bridgehead atoms. The van der Waals surface area contributed by atoms with E-state index in [0.717, 1.165) is 36.0 Å². The number of benzene rings is 1. The molecule has 3 heterocycles. The number of rotatable bonds is 4. The molecular weight excluding hydrogens is 342 g/mol. The van der Waals surface area contributed by atoms with Gasteiger partial charge < -0.3 is 19.6 Å². The van der Waals surface area contributed by atoms with Gasteiger partial charge in [-0.05, 0) is 24.3 Å². The topological polar surface area (TPSA) is 74.6 Å². The van der Waals surface area contributed by atoms with Crippen LogP contribution in [0.5, 0.6) is 5.75 Å². The summed E-state index contributed by atoms with van der Waals surface area (Å²) in [5.41, 5.74) is 1.71. The number of nitrogens with zero attached hydrogens (tertiary/aromatic N) is 5. The molecule has 1 fully saturated rings. The van der Waals surface area contributed by atoms with E-state index in [2.05, 4.69) is 9.88 Å². The normalized spacial score (nSPS) is 14.2. The van der Waals surface area contributed by atoms with Crippen molar-refractivity contribution in [2.75, 3.05) is 43.2 Å². The molecule has 0 atom stereocenters. The molecule has 1 N–H and O–H groups in total. The van der Waals surface area contributed by atoms with Gasteiger partial charge in [0, 0.05) is 38.0 Å². The average molecular weight is 363 g/mol. The Labute approximate surface area is 157 Å². The van der Waals surface area contributed by atoms with Crippen LogP contribution in [-0.2, 0) is 4.74 Å². The number of hydrogen-bond donors (Lipinski definition) is 1. The van der Waals surface area contributed by atoms with Crippen molar-refractivity contribution < 1.29 is 9.84 Å². The lowest BCUT2D eigenvalue weighted by atomic mass is 10.2. The lowest BCUT2D eigenvalue weighted by Crippen LogP contribution is -2.37. The van der Waals surface area contributed by atoms with Crippen molar-refractivity contribution >= 4 is 17.3 Å². The van der Waals surface area contributed by atoms with E-state index in [1.165, 1.54) is 0 Å². The Morgan fingerprint density at radius 2 is 1.93 bits per heavy atom. The first-order valence-electron chi connectivity index (χ1n) is 8.86. The fourth-order valence-corrected chi connectivity index (χ4v) is 3.01. The largest absolute Gasteiger partial charge is 0.508 e. The summed E-state index contributed by atoms with van der Waals surface area (Å²) in [7, 11) is 1.95. The predicted molar refractivity (Wildman–Crippen MR) is 104 cm³/mol. The third-order valence-corrected chi connectivity index (χ3v) is 4.52. The fourth-order valence-electron chi connectivity index (χ4n) is 3.01. The zero-order valence-electron chi connectivity index (χ0n) is 15.1. The molecule has 0 saturated carbocycles. The molecule has 138 valence electrons. The summed E-state index contributed by atoms with van der Waals surface area (Å²) in [6.07, 6.45) is 3.54. The molecule has 1 aliphatic heterocycles. The molecule has 4 rings (SSSR count). The van der Waals surface area contributed by atoms with E-state index in [-0.39, 0.29) is 5.75 Å². The number of aromatic hydroxyl groups is 1. The Balaban J connectivity index is 1.78. The van der Waals surface area contributed by atoms with Crippen LogP contribution in [0.4, 0.5) is 17.3 Å². The van der Waals surface area contributed by atoms with Crippen LogP contribution >= 0.6 is 0 Å². The number of ether oxygens (including phenoxy) is 1. The van der Waals surface area contributed by atoms with Crippen LogP contribution in [0, 0.1) is 0 Å². The van der Waals surface area contributed by atoms with Gasteiger partial charge in [-0.15, -0.1) is 0 Å². The van der Waals surface area contributed by atoms with Gasteiger partial charge in [-0.1, -0.05) is 12.1 Å². The first-order chi connectivity index (χ1) is 13.2. The average Bonchev–Trinajstić information content (AvgIpc) is 2.74. The number of phenolic OH excluding ortho intramolecular Hbond substituents is 1. The fraction of sp³-hybridized carbons (Fsp3) is 0.250. The van der Waals surface area contributed by atoms with E-state index in [9.17, 15) is 5.11 Å². The molecule has 0 spiro atoms. The van der Waals surface area contributed by atoms with Crippen molar-refractivity contribution in [2.24, 2.45) is 0 Å². The van der Waals surface area contributed by atoms with Gasteiger partial charge in [0.15, 0.2) is 5.82 Å². The summed E-state index contributed by atoms with van der Waals surface area (Å²) in [5.74, 6) is 2.37. The zero-order chi connectivity index (χ0) is 18.6. The van der Waals surface area contributed by atoms with E-state index in [1.807, 2.05) is 36.2 Å². The minimum Gasteiger partial charge on any atom is -0.508 e. The number of morpholine rings is 1. The maximum absolute atomic E-state index is 9.85. The molecule has 0 radical (unpaired) electrons. The first kappa shape index (κ1) is 17.2. The Morgan fingerprint density at radius 1 is 1.07 bits per heavy atom. The Morgan fingerprint density at radius 3 is 2.67 bits per heavy atom.